The second-order valence-corrected chi connectivity index (χ2v) is 45.0. The molecule has 0 spiro atoms. The van der Waals surface area contributed by atoms with E-state index < -0.39 is 0 Å². The Labute approximate surface area is 877 Å². The Bertz CT molecular complexity index is 9260. The van der Waals surface area contributed by atoms with Crippen LogP contribution >= 0.6 is 22.7 Å². The van der Waals surface area contributed by atoms with E-state index in [1.54, 1.807) is 0 Å². The van der Waals surface area contributed by atoms with Crippen LogP contribution in [0, 0.1) is 13.8 Å². The summed E-state index contributed by atoms with van der Waals surface area (Å²) in [6, 6.07) is 154. The molecule has 7 aliphatic carbocycles. The van der Waals surface area contributed by atoms with Crippen molar-refractivity contribution in [1.82, 2.24) is 19.1 Å². The molecule has 0 atom stereocenters. The predicted octanol–water partition coefficient (Wildman–Crippen LogP) is 37.0. The van der Waals surface area contributed by atoms with Crippen molar-refractivity contribution in [2.24, 2.45) is 0 Å². The Morgan fingerprint density at radius 1 is 0.235 bits per heavy atom. The first-order valence-corrected chi connectivity index (χ1v) is 54.1. The van der Waals surface area contributed by atoms with Crippen LogP contribution in [0.15, 0.2) is 441 Å². The van der Waals surface area contributed by atoms with E-state index in [0.717, 1.165) is 61.8 Å². The van der Waals surface area contributed by atoms with Gasteiger partial charge in [0.25, 0.3) is 0 Å². The van der Waals surface area contributed by atoms with Gasteiger partial charge in [0, 0.05) is 149 Å². The summed E-state index contributed by atoms with van der Waals surface area (Å²) in [5, 5.41) is 13.2. The molecule has 7 aliphatic rings. The molecule has 26 aromatic rings. The molecular formula is C142H110N4OS2. The van der Waals surface area contributed by atoms with E-state index in [2.05, 4.69) is 481 Å². The second-order valence-electron chi connectivity index (χ2n) is 42.9. The van der Waals surface area contributed by atoms with Gasteiger partial charge in [-0.15, -0.1) is 22.7 Å². The number of fused-ring (bicyclic) bond motifs is 35. The summed E-state index contributed by atoms with van der Waals surface area (Å²) in [7, 11) is 0. The van der Waals surface area contributed by atoms with Crippen LogP contribution in [0.5, 0.6) is 0 Å². The highest BCUT2D eigenvalue weighted by Crippen LogP contribution is 2.53. The van der Waals surface area contributed by atoms with Crippen LogP contribution in [-0.2, 0) is 61.2 Å². The predicted molar refractivity (Wildman–Crippen MR) is 629 cm³/mol. The van der Waals surface area contributed by atoms with Gasteiger partial charge in [-0.3, -0.25) is 9.97 Å². The van der Waals surface area contributed by atoms with Gasteiger partial charge in [-0.2, -0.15) is 0 Å². The topological polar surface area (TPSA) is 48.8 Å². The summed E-state index contributed by atoms with van der Waals surface area (Å²) in [6.45, 7) is 18.4. The molecule has 149 heavy (non-hydrogen) atoms. The average Bonchev–Trinajstić information content (AvgIpc) is 1.66. The van der Waals surface area contributed by atoms with Gasteiger partial charge in [-0.25, -0.2) is 0 Å². The van der Waals surface area contributed by atoms with Crippen molar-refractivity contribution in [3.8, 4) is 56.0 Å². The number of furan rings is 1. The molecule has 0 saturated carbocycles. The first-order chi connectivity index (χ1) is 72.9. The van der Waals surface area contributed by atoms with Crippen molar-refractivity contribution in [3.05, 3.63) is 560 Å². The number of aromatic nitrogens is 4. The number of aryl methyl sites for hydroxylation is 2. The highest BCUT2D eigenvalue weighted by atomic mass is 32.1. The van der Waals surface area contributed by atoms with E-state index in [4.69, 9.17) is 4.42 Å². The molecule has 33 rings (SSSR count). The molecule has 19 aromatic carbocycles. The third kappa shape index (κ3) is 15.6. The van der Waals surface area contributed by atoms with Crippen molar-refractivity contribution >= 4 is 129 Å². The summed E-state index contributed by atoms with van der Waals surface area (Å²) >= 11 is 3.87. The lowest BCUT2D eigenvalue weighted by Gasteiger charge is -2.35. The van der Waals surface area contributed by atoms with Crippen molar-refractivity contribution in [1.29, 1.82) is 0 Å². The highest BCUT2D eigenvalue weighted by molar-refractivity contribution is 7.26. The van der Waals surface area contributed by atoms with Crippen molar-refractivity contribution < 1.29 is 4.42 Å². The van der Waals surface area contributed by atoms with Gasteiger partial charge in [-0.05, 0) is 258 Å². The van der Waals surface area contributed by atoms with Gasteiger partial charge in [0.05, 0.1) is 33.5 Å². The molecule has 0 bridgehead atoms. The molecule has 0 amide bonds. The van der Waals surface area contributed by atoms with Crippen molar-refractivity contribution in [2.45, 2.75) is 117 Å². The molecule has 7 aromatic heterocycles. The van der Waals surface area contributed by atoms with E-state index >= 15 is 0 Å². The number of nitrogens with zero attached hydrogens (tertiary/aromatic N) is 4. The van der Waals surface area contributed by atoms with Crippen LogP contribution < -0.4 is 0 Å². The normalized spacial score (nSPS) is 13.9. The Morgan fingerprint density at radius 2 is 0.638 bits per heavy atom. The minimum atomic E-state index is 0.0113. The summed E-state index contributed by atoms with van der Waals surface area (Å²) < 4.78 is 16.8. The van der Waals surface area contributed by atoms with Crippen LogP contribution in [-0.4, -0.2) is 19.1 Å². The molecule has 7 heterocycles. The molecule has 716 valence electrons. The lowest BCUT2D eigenvalue weighted by atomic mass is 9.69. The summed E-state index contributed by atoms with van der Waals surface area (Å²) in [6.07, 6.45) is 10.9. The Morgan fingerprint density at radius 3 is 1.22 bits per heavy atom. The Balaban J connectivity index is 0.0000000886. The maximum atomic E-state index is 6.26. The standard InChI is InChI=1S/C37H24N2.C22H18O.2C22H18S.C15H14.2C12H9N/c1-5-13-34-28(9-1)29-10-2-6-14-35(29)38(34)26-19-17-24-21-25-18-20-27(23-33(25)32(24)22-26)39-36-15-7-3-11-30(36)31-12-4-8-16-37(31)39;1-22(2)18-9-5-3-7-14(18)13-17-19(22)12-11-16-15-8-4-6-10-20(15)23-21(16)17;1-22(2)18-9-5-3-7-14(18)11-15-12-21-17(13-19(15)22)16-8-4-6-10-20(16)23-21;1-22(2)18-9-5-3-7-14(18)13-17-19(22)12-11-16-15-8-4-6-10-20(15)23-21(16)17;1-10-3-5-14-12(7-10)9-13-8-11(2)4-6-15(13)14;1-2-6-11-9(4-1)8-10-5-3-7-13-12(10)11;1-2-5-10-9(4-1)8-12-11(10)6-3-7-13-12/h1-20,22-23H,21H2;3-12H,13H2,1-2H3;3-10,12-13H,11H2,1-2H3;3-12H,13H2,1-2H3;3-8H,9H2,1-2H3;2*1-7H,8H2. The second kappa shape index (κ2) is 36.5. The minimum absolute atomic E-state index is 0.0113. The third-order valence-corrected chi connectivity index (χ3v) is 35.3. The smallest absolute Gasteiger partial charge is 0.139 e. The molecule has 7 heteroatoms. The zero-order valence-corrected chi connectivity index (χ0v) is 86.7. The van der Waals surface area contributed by atoms with Gasteiger partial charge in [0.15, 0.2) is 0 Å². The van der Waals surface area contributed by atoms with Gasteiger partial charge >= 0.3 is 0 Å². The van der Waals surface area contributed by atoms with Crippen molar-refractivity contribution in [3.63, 3.8) is 0 Å². The maximum absolute atomic E-state index is 6.26. The number of hydrogen-bond acceptors (Lipinski definition) is 5. The number of hydrogen-bond donors (Lipinski definition) is 0. The number of benzene rings is 19. The largest absolute Gasteiger partial charge is 0.456 e. The summed E-state index contributed by atoms with van der Waals surface area (Å²) in [4.78, 5) is 8.77. The molecule has 0 fully saturated rings. The quantitative estimate of drug-likeness (QED) is 0.173. The van der Waals surface area contributed by atoms with Crippen LogP contribution in [0.3, 0.4) is 0 Å². The Hall–Kier alpha value is -16.7. The molecule has 0 radical (unpaired) electrons. The fourth-order valence-electron chi connectivity index (χ4n) is 25.8. The first-order valence-electron chi connectivity index (χ1n) is 52.5. The van der Waals surface area contributed by atoms with Gasteiger partial charge in [0.2, 0.25) is 0 Å². The molecule has 0 aliphatic heterocycles. The molecular weight excluding hydrogens is 1840 g/mol. The van der Waals surface area contributed by atoms with Crippen LogP contribution in [0.4, 0.5) is 0 Å². The molecule has 5 nitrogen and oxygen atoms in total. The van der Waals surface area contributed by atoms with Gasteiger partial charge < -0.3 is 13.6 Å². The van der Waals surface area contributed by atoms with E-state index in [9.17, 15) is 0 Å². The lowest BCUT2D eigenvalue weighted by molar-refractivity contribution is 0.601. The molecule has 0 unspecified atom stereocenters. The van der Waals surface area contributed by atoms with Crippen LogP contribution in [0.25, 0.3) is 162 Å². The number of thiophene rings is 2. The number of pyridine rings is 2. The zero-order chi connectivity index (χ0) is 100. The van der Waals surface area contributed by atoms with Crippen molar-refractivity contribution in [2.75, 3.05) is 0 Å². The first kappa shape index (κ1) is 91.0. The van der Waals surface area contributed by atoms with E-state index in [1.807, 2.05) is 53.3 Å². The summed E-state index contributed by atoms with van der Waals surface area (Å²) in [5.41, 5.74) is 51.6. The fourth-order valence-corrected chi connectivity index (χ4v) is 28.2. The van der Waals surface area contributed by atoms with E-state index in [0.29, 0.717) is 0 Å². The number of para-hydroxylation sites is 5. The SMILES string of the molecule is CC1(C)c2ccccc2Cc2c1ccc1c2oc2ccccc21.CC1(C)c2ccccc2Cc2c1ccc1c2sc2ccccc21.CC1(C)c2ccccc2Cc2cc3sc4ccccc4c3cc21.Cc1ccc2c(c1)Cc1cc(C)ccc1-2.c1ccc2c(c1)Cc1cccnc1-2.c1ccc2c(c1)Cc1ncccc1-2.c1ccc2c(c1)c1ccccc1n2-c1ccc2c(c1)-c1cc(-n3c4ccccc4c4ccccc43)ccc1C2. The van der Waals surface area contributed by atoms with E-state index in [1.165, 1.54) is 268 Å². The maximum Gasteiger partial charge on any atom is 0.139 e. The minimum Gasteiger partial charge on any atom is -0.456 e. The van der Waals surface area contributed by atoms with E-state index in [-0.39, 0.29) is 16.2 Å². The average molecular weight is 1950 g/mol. The fraction of sp³-hybridized carbons (Fsp3) is 0.127. The lowest BCUT2D eigenvalue weighted by Crippen LogP contribution is -2.27. The van der Waals surface area contributed by atoms with Crippen LogP contribution in [0.2, 0.25) is 0 Å². The third-order valence-electron chi connectivity index (χ3n) is 32.9. The molecule has 0 N–H and O–H groups in total. The van der Waals surface area contributed by atoms with Gasteiger partial charge in [-0.1, -0.05) is 386 Å². The van der Waals surface area contributed by atoms with Crippen LogP contribution in [0.1, 0.15) is 164 Å². The Kier molecular flexibility index (Phi) is 22.3. The zero-order valence-electron chi connectivity index (χ0n) is 85.0. The monoisotopic (exact) mass is 1950 g/mol. The molecule has 0 saturated heterocycles. The summed E-state index contributed by atoms with van der Waals surface area (Å²) in [5.74, 6) is 0. The highest BCUT2D eigenvalue weighted by Gasteiger charge is 2.38. The number of rotatable bonds is 2. The van der Waals surface area contributed by atoms with Gasteiger partial charge in [0.1, 0.15) is 11.2 Å².